The van der Waals surface area contributed by atoms with Gasteiger partial charge in [-0.05, 0) is 33.0 Å². The molecule has 0 radical (unpaired) electrons. The van der Waals surface area contributed by atoms with Gasteiger partial charge in [-0.2, -0.15) is 0 Å². The molecule has 2 N–H and O–H groups in total. The third-order valence-corrected chi connectivity index (χ3v) is 3.73. The number of likely N-dealkylation sites (tertiary alicyclic amines) is 1. The van der Waals surface area contributed by atoms with Gasteiger partial charge in [0.15, 0.2) is 0 Å². The minimum atomic E-state index is 0.125. The van der Waals surface area contributed by atoms with Crippen LogP contribution < -0.4 is 5.73 Å². The van der Waals surface area contributed by atoms with Crippen molar-refractivity contribution >= 4 is 23.1 Å². The lowest BCUT2D eigenvalue weighted by Gasteiger charge is -2.23. The van der Waals surface area contributed by atoms with E-state index in [0.29, 0.717) is 24.5 Å². The molecule has 1 rings (SSSR count). The normalized spacial score (nSPS) is 15.9. The van der Waals surface area contributed by atoms with Gasteiger partial charge in [-0.3, -0.25) is 9.69 Å². The zero-order valence-corrected chi connectivity index (χ0v) is 12.9. The van der Waals surface area contributed by atoms with Crippen molar-refractivity contribution in [1.82, 2.24) is 14.7 Å². The summed E-state index contributed by atoms with van der Waals surface area (Å²) < 4.78 is 0. The molecule has 0 aromatic carbocycles. The van der Waals surface area contributed by atoms with E-state index in [4.69, 9.17) is 18.0 Å². The number of carbonyl (C=O) groups excluding carboxylic acids is 1. The summed E-state index contributed by atoms with van der Waals surface area (Å²) in [6.45, 7) is 5.47. The van der Waals surface area contributed by atoms with Crippen LogP contribution in [0.3, 0.4) is 0 Å². The molecule has 0 spiro atoms. The van der Waals surface area contributed by atoms with E-state index >= 15 is 0 Å². The molecule has 19 heavy (non-hydrogen) atoms. The molecule has 1 aliphatic rings. The maximum Gasteiger partial charge on any atom is 0.236 e. The van der Waals surface area contributed by atoms with Gasteiger partial charge in [0.2, 0.25) is 5.91 Å². The molecule has 0 unspecified atom stereocenters. The van der Waals surface area contributed by atoms with Crippen molar-refractivity contribution in [3.05, 3.63) is 0 Å². The highest BCUT2D eigenvalue weighted by atomic mass is 32.1. The second-order valence-electron chi connectivity index (χ2n) is 5.32. The smallest absolute Gasteiger partial charge is 0.236 e. The first-order chi connectivity index (χ1) is 8.99. The van der Waals surface area contributed by atoms with E-state index in [-0.39, 0.29) is 5.91 Å². The number of nitrogens with zero attached hydrogens (tertiary/aromatic N) is 3. The number of thiocarbonyl (C=S) groups is 1. The Balaban J connectivity index is 2.16. The number of likely N-dealkylation sites (N-methyl/N-ethyl adjacent to an activating group) is 2. The summed E-state index contributed by atoms with van der Waals surface area (Å²) in [6.07, 6.45) is 3.21. The maximum absolute atomic E-state index is 11.9. The lowest BCUT2D eigenvalue weighted by atomic mass is 10.3. The highest BCUT2D eigenvalue weighted by Crippen LogP contribution is 2.06. The van der Waals surface area contributed by atoms with Crippen molar-refractivity contribution in [3.63, 3.8) is 0 Å². The molecule has 1 heterocycles. The zero-order valence-electron chi connectivity index (χ0n) is 12.1. The van der Waals surface area contributed by atoms with Gasteiger partial charge in [-0.25, -0.2) is 0 Å². The van der Waals surface area contributed by atoms with Crippen LogP contribution in [-0.4, -0.2) is 79.0 Å². The Hall–Kier alpha value is -0.720. The summed E-state index contributed by atoms with van der Waals surface area (Å²) in [5.41, 5.74) is 5.44. The van der Waals surface area contributed by atoms with E-state index in [2.05, 4.69) is 9.80 Å². The zero-order chi connectivity index (χ0) is 14.3. The third kappa shape index (κ3) is 6.84. The first-order valence-electron chi connectivity index (χ1n) is 6.92. The molecular weight excluding hydrogens is 260 g/mol. The van der Waals surface area contributed by atoms with Crippen LogP contribution in [0.15, 0.2) is 0 Å². The van der Waals surface area contributed by atoms with E-state index < -0.39 is 0 Å². The summed E-state index contributed by atoms with van der Waals surface area (Å²) in [4.78, 5) is 18.6. The molecule has 6 heteroatoms. The van der Waals surface area contributed by atoms with E-state index in [1.807, 2.05) is 7.05 Å². The molecule has 0 saturated carbocycles. The quantitative estimate of drug-likeness (QED) is 0.644. The molecular formula is C13H26N4OS. The fourth-order valence-corrected chi connectivity index (χ4v) is 2.24. The maximum atomic E-state index is 11.9. The van der Waals surface area contributed by atoms with Gasteiger partial charge in [0.1, 0.15) is 0 Å². The van der Waals surface area contributed by atoms with Crippen LogP contribution in [0.25, 0.3) is 0 Å². The second-order valence-corrected chi connectivity index (χ2v) is 5.84. The minimum absolute atomic E-state index is 0.125. The first kappa shape index (κ1) is 16.3. The summed E-state index contributed by atoms with van der Waals surface area (Å²) in [5.74, 6) is 0.125. The van der Waals surface area contributed by atoms with E-state index in [9.17, 15) is 4.79 Å². The number of hydrogen-bond acceptors (Lipinski definition) is 4. The van der Waals surface area contributed by atoms with Crippen molar-refractivity contribution < 1.29 is 4.79 Å². The summed E-state index contributed by atoms with van der Waals surface area (Å²) in [5, 5.41) is 0. The van der Waals surface area contributed by atoms with Gasteiger partial charge in [0, 0.05) is 33.1 Å². The van der Waals surface area contributed by atoms with E-state index in [1.54, 1.807) is 11.9 Å². The van der Waals surface area contributed by atoms with Gasteiger partial charge in [0.25, 0.3) is 0 Å². The molecule has 1 saturated heterocycles. The molecule has 1 aliphatic heterocycles. The number of hydrogen-bond donors (Lipinski definition) is 1. The average molecular weight is 286 g/mol. The third-order valence-electron chi connectivity index (χ3n) is 3.52. The van der Waals surface area contributed by atoms with Gasteiger partial charge >= 0.3 is 0 Å². The molecule has 0 aromatic heterocycles. The fraction of sp³-hybridized carbons (Fsp3) is 0.846. The number of carbonyl (C=O) groups is 1. The van der Waals surface area contributed by atoms with Gasteiger partial charge in [0.05, 0.1) is 11.5 Å². The number of amides is 1. The number of nitrogens with two attached hydrogens (primary N) is 1. The Morgan fingerprint density at radius 2 is 1.89 bits per heavy atom. The summed E-state index contributed by atoms with van der Waals surface area (Å²) in [6, 6.07) is 0. The van der Waals surface area contributed by atoms with Crippen molar-refractivity contribution in [2.75, 3.05) is 53.4 Å². The van der Waals surface area contributed by atoms with Crippen LogP contribution in [-0.2, 0) is 4.79 Å². The Labute approximate surface area is 121 Å². The standard InChI is InChI=1S/C13H26N4OS/c1-15(9-10-17-6-3-4-7-17)11-13(18)16(2)8-5-12(14)19/h3-11H2,1-2H3,(H2,14,19). The van der Waals surface area contributed by atoms with Crippen molar-refractivity contribution in [1.29, 1.82) is 0 Å². The molecule has 0 bridgehead atoms. The Bertz CT molecular complexity index is 305. The Morgan fingerprint density at radius 3 is 2.47 bits per heavy atom. The van der Waals surface area contributed by atoms with Crippen LogP contribution in [0.1, 0.15) is 19.3 Å². The molecule has 1 amide bonds. The molecule has 0 atom stereocenters. The van der Waals surface area contributed by atoms with Gasteiger partial charge in [-0.1, -0.05) is 12.2 Å². The monoisotopic (exact) mass is 286 g/mol. The van der Waals surface area contributed by atoms with Gasteiger partial charge in [-0.15, -0.1) is 0 Å². The predicted octanol–water partition coefficient (Wildman–Crippen LogP) is 0.149. The summed E-state index contributed by atoms with van der Waals surface area (Å²) in [7, 11) is 3.80. The van der Waals surface area contributed by atoms with Crippen LogP contribution >= 0.6 is 12.2 Å². The SMILES string of the molecule is CN(CCN1CCCC1)CC(=O)N(C)CCC(N)=S. The molecule has 0 aliphatic carbocycles. The fourth-order valence-electron chi connectivity index (χ4n) is 2.15. The summed E-state index contributed by atoms with van der Waals surface area (Å²) >= 11 is 4.82. The number of rotatable bonds is 8. The largest absolute Gasteiger partial charge is 0.393 e. The predicted molar refractivity (Wildman–Crippen MR) is 82.2 cm³/mol. The Morgan fingerprint density at radius 1 is 1.26 bits per heavy atom. The molecule has 1 fully saturated rings. The van der Waals surface area contributed by atoms with E-state index in [0.717, 1.165) is 13.1 Å². The van der Waals surface area contributed by atoms with Crippen LogP contribution in [0.4, 0.5) is 0 Å². The Kier molecular flexibility index (Phi) is 7.27. The lowest BCUT2D eigenvalue weighted by Crippen LogP contribution is -2.40. The van der Waals surface area contributed by atoms with E-state index in [1.165, 1.54) is 25.9 Å². The van der Waals surface area contributed by atoms with Crippen LogP contribution in [0, 0.1) is 0 Å². The first-order valence-corrected chi connectivity index (χ1v) is 7.33. The average Bonchev–Trinajstić information content (AvgIpc) is 2.86. The van der Waals surface area contributed by atoms with Crippen LogP contribution in [0.5, 0.6) is 0 Å². The lowest BCUT2D eigenvalue weighted by molar-refractivity contribution is -0.130. The van der Waals surface area contributed by atoms with Crippen molar-refractivity contribution in [2.24, 2.45) is 5.73 Å². The van der Waals surface area contributed by atoms with Crippen LogP contribution in [0.2, 0.25) is 0 Å². The highest BCUT2D eigenvalue weighted by Gasteiger charge is 2.14. The second kappa shape index (κ2) is 8.45. The van der Waals surface area contributed by atoms with Crippen molar-refractivity contribution in [3.8, 4) is 0 Å². The topological polar surface area (TPSA) is 52.8 Å². The van der Waals surface area contributed by atoms with Gasteiger partial charge < -0.3 is 15.5 Å². The molecule has 5 nitrogen and oxygen atoms in total. The highest BCUT2D eigenvalue weighted by molar-refractivity contribution is 7.80. The molecule has 0 aromatic rings. The van der Waals surface area contributed by atoms with Crippen molar-refractivity contribution in [2.45, 2.75) is 19.3 Å². The molecule has 110 valence electrons. The minimum Gasteiger partial charge on any atom is -0.393 e.